The van der Waals surface area contributed by atoms with Crippen LogP contribution in [-0.2, 0) is 19.5 Å². The van der Waals surface area contributed by atoms with E-state index in [9.17, 15) is 0 Å². The van der Waals surface area contributed by atoms with Gasteiger partial charge in [0.25, 0.3) is 0 Å². The minimum Gasteiger partial charge on any atom is -0.357 e. The number of aromatic nitrogens is 5. The summed E-state index contributed by atoms with van der Waals surface area (Å²) in [5.41, 5.74) is 1.17. The van der Waals surface area contributed by atoms with Crippen LogP contribution in [0.5, 0.6) is 0 Å². The Morgan fingerprint density at radius 1 is 1.43 bits per heavy atom. The maximum Gasteiger partial charge on any atom is 0.191 e. The minimum absolute atomic E-state index is 0.328. The van der Waals surface area contributed by atoms with Crippen LogP contribution < -0.4 is 10.6 Å². The molecule has 0 bridgehead atoms. The summed E-state index contributed by atoms with van der Waals surface area (Å²) in [7, 11) is 0. The summed E-state index contributed by atoms with van der Waals surface area (Å²) in [5, 5.41) is 15.3. The zero-order valence-electron chi connectivity index (χ0n) is 13.7. The molecule has 1 aliphatic heterocycles. The second-order valence-corrected chi connectivity index (χ2v) is 5.78. The van der Waals surface area contributed by atoms with Crippen LogP contribution in [0.25, 0.3) is 0 Å². The SMILES string of the molecule is CCNC(=NCCn1cc(C)cn1)NC1CCc2ncnn2C1. The van der Waals surface area contributed by atoms with E-state index >= 15 is 0 Å². The highest BCUT2D eigenvalue weighted by Crippen LogP contribution is 2.11. The van der Waals surface area contributed by atoms with Gasteiger partial charge >= 0.3 is 0 Å². The van der Waals surface area contributed by atoms with Gasteiger partial charge in [0.1, 0.15) is 12.2 Å². The molecule has 3 heterocycles. The van der Waals surface area contributed by atoms with E-state index in [1.165, 1.54) is 5.56 Å². The molecule has 0 radical (unpaired) electrons. The lowest BCUT2D eigenvalue weighted by molar-refractivity contribution is 0.392. The largest absolute Gasteiger partial charge is 0.357 e. The van der Waals surface area contributed by atoms with Gasteiger partial charge < -0.3 is 10.6 Å². The second kappa shape index (κ2) is 7.26. The smallest absolute Gasteiger partial charge is 0.191 e. The van der Waals surface area contributed by atoms with Gasteiger partial charge in [-0.1, -0.05) is 0 Å². The Bertz CT molecular complexity index is 656. The summed E-state index contributed by atoms with van der Waals surface area (Å²) >= 11 is 0. The summed E-state index contributed by atoms with van der Waals surface area (Å²) in [6.45, 7) is 7.26. The average Bonchev–Trinajstić information content (AvgIpc) is 3.16. The molecule has 1 atom stereocenters. The molecule has 1 aliphatic rings. The van der Waals surface area contributed by atoms with E-state index < -0.39 is 0 Å². The van der Waals surface area contributed by atoms with Crippen molar-refractivity contribution < 1.29 is 0 Å². The first-order valence-corrected chi connectivity index (χ1v) is 8.15. The minimum atomic E-state index is 0.328. The molecule has 3 rings (SSSR count). The standard InChI is InChI=1S/C15H24N8/c1-3-16-15(17-6-7-22-9-12(2)8-19-22)21-13-4-5-14-18-11-20-23(14)10-13/h8-9,11,13H,3-7,10H2,1-2H3,(H2,16,17,21). The molecule has 8 heteroatoms. The maximum atomic E-state index is 4.64. The highest BCUT2D eigenvalue weighted by molar-refractivity contribution is 5.80. The molecule has 0 spiro atoms. The van der Waals surface area contributed by atoms with E-state index in [4.69, 9.17) is 0 Å². The third-order valence-corrected chi connectivity index (χ3v) is 3.85. The van der Waals surface area contributed by atoms with Crippen molar-refractivity contribution in [2.75, 3.05) is 13.1 Å². The zero-order chi connectivity index (χ0) is 16.1. The first-order chi connectivity index (χ1) is 11.2. The monoisotopic (exact) mass is 316 g/mol. The fourth-order valence-electron chi connectivity index (χ4n) is 2.72. The highest BCUT2D eigenvalue weighted by Gasteiger charge is 2.20. The van der Waals surface area contributed by atoms with Gasteiger partial charge in [0.15, 0.2) is 5.96 Å². The number of nitrogens with one attached hydrogen (secondary N) is 2. The molecule has 2 aromatic heterocycles. The topological polar surface area (TPSA) is 84.9 Å². The van der Waals surface area contributed by atoms with Crippen LogP contribution in [0.4, 0.5) is 0 Å². The number of hydrogen-bond acceptors (Lipinski definition) is 4. The van der Waals surface area contributed by atoms with Crippen molar-refractivity contribution in [3.05, 3.63) is 30.1 Å². The number of aliphatic imine (C=N–C) groups is 1. The lowest BCUT2D eigenvalue weighted by Gasteiger charge is -2.25. The molecule has 8 nitrogen and oxygen atoms in total. The van der Waals surface area contributed by atoms with Crippen molar-refractivity contribution in [2.24, 2.45) is 4.99 Å². The van der Waals surface area contributed by atoms with Crippen LogP contribution in [0.3, 0.4) is 0 Å². The van der Waals surface area contributed by atoms with Gasteiger partial charge in [-0.05, 0) is 25.8 Å². The fraction of sp³-hybridized carbons (Fsp3) is 0.600. The molecule has 2 N–H and O–H groups in total. The van der Waals surface area contributed by atoms with Crippen molar-refractivity contribution in [3.63, 3.8) is 0 Å². The van der Waals surface area contributed by atoms with Crippen LogP contribution in [0, 0.1) is 6.92 Å². The summed E-state index contributed by atoms with van der Waals surface area (Å²) in [5.74, 6) is 1.92. The quantitative estimate of drug-likeness (QED) is 0.614. The molecule has 1 unspecified atom stereocenters. The number of aryl methyl sites for hydroxylation is 2. The van der Waals surface area contributed by atoms with E-state index in [0.29, 0.717) is 12.6 Å². The Morgan fingerprint density at radius 3 is 3.13 bits per heavy atom. The number of nitrogens with zero attached hydrogens (tertiary/aromatic N) is 6. The third-order valence-electron chi connectivity index (χ3n) is 3.85. The normalized spacial score (nSPS) is 17.8. The number of fused-ring (bicyclic) bond motifs is 1. The van der Waals surface area contributed by atoms with Crippen LogP contribution in [0.1, 0.15) is 24.7 Å². The van der Waals surface area contributed by atoms with Crippen molar-refractivity contribution in [1.82, 2.24) is 35.2 Å². The Morgan fingerprint density at radius 2 is 2.35 bits per heavy atom. The molecule has 2 aromatic rings. The fourth-order valence-corrected chi connectivity index (χ4v) is 2.72. The number of hydrogen-bond donors (Lipinski definition) is 2. The number of rotatable bonds is 5. The molecule has 0 fully saturated rings. The molecule has 0 saturated heterocycles. The van der Waals surface area contributed by atoms with Gasteiger partial charge in [-0.15, -0.1) is 0 Å². The van der Waals surface area contributed by atoms with Crippen LogP contribution in [0.2, 0.25) is 0 Å². The van der Waals surface area contributed by atoms with Gasteiger partial charge in [0.2, 0.25) is 0 Å². The van der Waals surface area contributed by atoms with Crippen molar-refractivity contribution in [2.45, 2.75) is 45.8 Å². The van der Waals surface area contributed by atoms with E-state index in [-0.39, 0.29) is 0 Å². The summed E-state index contributed by atoms with van der Waals surface area (Å²) < 4.78 is 3.89. The molecular formula is C15H24N8. The Hall–Kier alpha value is -2.38. The maximum absolute atomic E-state index is 4.64. The number of guanidine groups is 1. The Kier molecular flexibility index (Phi) is 4.89. The molecule has 23 heavy (non-hydrogen) atoms. The predicted octanol–water partition coefficient (Wildman–Crippen LogP) is 0.353. The second-order valence-electron chi connectivity index (χ2n) is 5.78. The van der Waals surface area contributed by atoms with Gasteiger partial charge in [-0.25, -0.2) is 9.67 Å². The summed E-state index contributed by atoms with van der Waals surface area (Å²) in [6.07, 6.45) is 7.52. The van der Waals surface area contributed by atoms with Crippen molar-refractivity contribution in [3.8, 4) is 0 Å². The Balaban J connectivity index is 1.55. The van der Waals surface area contributed by atoms with Gasteiger partial charge in [0.05, 0.1) is 25.8 Å². The van der Waals surface area contributed by atoms with E-state index in [1.807, 2.05) is 28.7 Å². The van der Waals surface area contributed by atoms with E-state index in [0.717, 1.165) is 44.3 Å². The molecule has 0 saturated carbocycles. The molecule has 0 amide bonds. The molecule has 0 aromatic carbocycles. The zero-order valence-corrected chi connectivity index (χ0v) is 13.7. The average molecular weight is 316 g/mol. The summed E-state index contributed by atoms with van der Waals surface area (Å²) in [6, 6.07) is 0.328. The van der Waals surface area contributed by atoms with Crippen LogP contribution in [0.15, 0.2) is 23.7 Å². The van der Waals surface area contributed by atoms with Crippen molar-refractivity contribution >= 4 is 5.96 Å². The third kappa shape index (κ3) is 4.08. The Labute approximate surface area is 136 Å². The van der Waals surface area contributed by atoms with Gasteiger partial charge in [-0.3, -0.25) is 9.67 Å². The van der Waals surface area contributed by atoms with Crippen molar-refractivity contribution in [1.29, 1.82) is 0 Å². The van der Waals surface area contributed by atoms with E-state index in [1.54, 1.807) is 6.33 Å². The first kappa shape index (κ1) is 15.5. The highest BCUT2D eigenvalue weighted by atomic mass is 15.4. The lowest BCUT2D eigenvalue weighted by Crippen LogP contribution is -2.47. The molecule has 124 valence electrons. The van der Waals surface area contributed by atoms with Gasteiger partial charge in [-0.2, -0.15) is 10.2 Å². The summed E-state index contributed by atoms with van der Waals surface area (Å²) in [4.78, 5) is 8.90. The molecular weight excluding hydrogens is 292 g/mol. The predicted molar refractivity (Wildman–Crippen MR) is 88.2 cm³/mol. The van der Waals surface area contributed by atoms with Gasteiger partial charge in [0, 0.05) is 25.2 Å². The van der Waals surface area contributed by atoms with Crippen LogP contribution >= 0.6 is 0 Å². The van der Waals surface area contributed by atoms with E-state index in [2.05, 4.69) is 37.7 Å². The molecule has 0 aliphatic carbocycles. The first-order valence-electron chi connectivity index (χ1n) is 8.15. The lowest BCUT2D eigenvalue weighted by atomic mass is 10.1. The van der Waals surface area contributed by atoms with Crippen LogP contribution in [-0.4, -0.2) is 49.6 Å².